The Hall–Kier alpha value is 0.0499. The summed E-state index contributed by atoms with van der Waals surface area (Å²) in [6, 6.07) is 0. The second kappa shape index (κ2) is 2.97. The van der Waals surface area contributed by atoms with Gasteiger partial charge in [0.15, 0.2) is 0 Å². The summed E-state index contributed by atoms with van der Waals surface area (Å²) in [5.74, 6) is -0.0127. The van der Waals surface area contributed by atoms with Crippen LogP contribution in [-0.2, 0) is 4.74 Å². The van der Waals surface area contributed by atoms with Crippen LogP contribution in [0.2, 0.25) is 0 Å². The molecule has 0 amide bonds. The third-order valence-electron chi connectivity index (χ3n) is 1.88. The van der Waals surface area contributed by atoms with Crippen molar-refractivity contribution in [3.05, 3.63) is 0 Å². The molecule has 0 atom stereocenters. The molecule has 0 spiro atoms. The molecule has 10 heavy (non-hydrogen) atoms. The number of rotatable bonds is 1. The average Bonchev–Trinajstić information content (AvgIpc) is 1.88. The van der Waals surface area contributed by atoms with Crippen molar-refractivity contribution in [2.45, 2.75) is 18.2 Å². The van der Waals surface area contributed by atoms with E-state index >= 15 is 0 Å². The highest BCUT2D eigenvalue weighted by Crippen LogP contribution is 2.22. The molecule has 1 aliphatic rings. The number of ether oxygens (including phenoxy) is 1. The molecule has 1 fully saturated rings. The molecular formula is C6H10B2O2. The molecule has 1 N–H and O–H groups in total. The van der Waals surface area contributed by atoms with Crippen LogP contribution in [0.4, 0.5) is 0 Å². The second-order valence-corrected chi connectivity index (χ2v) is 2.77. The first-order valence-electron chi connectivity index (χ1n) is 3.48. The Bertz CT molecular complexity index is 105. The van der Waals surface area contributed by atoms with E-state index in [-0.39, 0.29) is 5.92 Å². The average molecular weight is 136 g/mol. The van der Waals surface area contributed by atoms with E-state index in [9.17, 15) is 0 Å². The van der Waals surface area contributed by atoms with Crippen molar-refractivity contribution in [3.8, 4) is 0 Å². The summed E-state index contributed by atoms with van der Waals surface area (Å²) >= 11 is 0. The van der Waals surface area contributed by atoms with Gasteiger partial charge in [0.25, 0.3) is 0 Å². The lowest BCUT2D eigenvalue weighted by molar-refractivity contribution is 0.0204. The maximum atomic E-state index is 9.14. The van der Waals surface area contributed by atoms with Crippen molar-refractivity contribution >= 4 is 15.7 Å². The first-order valence-corrected chi connectivity index (χ1v) is 3.48. The van der Waals surface area contributed by atoms with Gasteiger partial charge in [-0.3, -0.25) is 0 Å². The van der Waals surface area contributed by atoms with Gasteiger partial charge in [0.2, 0.25) is 0 Å². The summed E-state index contributed by atoms with van der Waals surface area (Å²) < 4.78 is 5.07. The Morgan fingerprint density at radius 3 is 2.10 bits per heavy atom. The highest BCUT2D eigenvalue weighted by molar-refractivity contribution is 6.39. The summed E-state index contributed by atoms with van der Waals surface area (Å²) in [4.78, 5) is 0. The quantitative estimate of drug-likeness (QED) is 0.487. The molecule has 0 aliphatic carbocycles. The fourth-order valence-electron chi connectivity index (χ4n) is 1.16. The van der Waals surface area contributed by atoms with Gasteiger partial charge in [-0.05, 0) is 24.2 Å². The van der Waals surface area contributed by atoms with Crippen molar-refractivity contribution in [1.29, 1.82) is 0 Å². The van der Waals surface area contributed by atoms with Crippen LogP contribution >= 0.6 is 0 Å². The minimum Gasteiger partial charge on any atom is -0.409 e. The standard InChI is InChI=1S/C6H10B2O2/c7-6(8,9)5-1-3-10-4-2-5/h5,9H,1-4H2. The number of hydrogen-bond acceptors (Lipinski definition) is 2. The van der Waals surface area contributed by atoms with Crippen LogP contribution in [0.5, 0.6) is 0 Å². The van der Waals surface area contributed by atoms with Crippen molar-refractivity contribution in [2.24, 2.45) is 5.92 Å². The summed E-state index contributed by atoms with van der Waals surface area (Å²) in [6.07, 6.45) is 1.51. The van der Waals surface area contributed by atoms with Crippen molar-refractivity contribution in [2.75, 3.05) is 13.2 Å². The molecule has 0 aromatic carbocycles. The van der Waals surface area contributed by atoms with Crippen LogP contribution in [0.3, 0.4) is 0 Å². The van der Waals surface area contributed by atoms with Crippen LogP contribution in [0.1, 0.15) is 12.8 Å². The molecule has 4 heteroatoms. The second-order valence-electron chi connectivity index (χ2n) is 2.77. The summed E-state index contributed by atoms with van der Waals surface area (Å²) in [7, 11) is 10.6. The van der Waals surface area contributed by atoms with Gasteiger partial charge in [-0.25, -0.2) is 0 Å². The van der Waals surface area contributed by atoms with Crippen LogP contribution in [-0.4, -0.2) is 39.4 Å². The van der Waals surface area contributed by atoms with E-state index in [2.05, 4.69) is 0 Å². The highest BCUT2D eigenvalue weighted by Gasteiger charge is 2.26. The Morgan fingerprint density at radius 1 is 1.30 bits per heavy atom. The lowest BCUT2D eigenvalue weighted by Crippen LogP contribution is -2.41. The minimum absolute atomic E-state index is 0.0127. The lowest BCUT2D eigenvalue weighted by atomic mass is 9.56. The molecule has 1 heterocycles. The van der Waals surface area contributed by atoms with Gasteiger partial charge in [0.1, 0.15) is 0 Å². The Kier molecular flexibility index (Phi) is 2.42. The van der Waals surface area contributed by atoms with Crippen molar-refractivity contribution in [1.82, 2.24) is 0 Å². The predicted octanol–water partition coefficient (Wildman–Crippen LogP) is -0.604. The van der Waals surface area contributed by atoms with E-state index in [0.29, 0.717) is 13.2 Å². The largest absolute Gasteiger partial charge is 0.409 e. The zero-order chi connectivity index (χ0) is 7.61. The number of aliphatic hydroxyl groups is 1. The first-order chi connectivity index (χ1) is 4.61. The van der Waals surface area contributed by atoms with E-state index in [4.69, 9.17) is 25.5 Å². The molecule has 2 nitrogen and oxygen atoms in total. The van der Waals surface area contributed by atoms with Gasteiger partial charge < -0.3 is 9.84 Å². The fraction of sp³-hybridized carbons (Fsp3) is 1.00. The monoisotopic (exact) mass is 136 g/mol. The van der Waals surface area contributed by atoms with E-state index in [0.717, 1.165) is 12.8 Å². The third-order valence-corrected chi connectivity index (χ3v) is 1.88. The molecule has 1 rings (SSSR count). The van der Waals surface area contributed by atoms with Crippen LogP contribution < -0.4 is 0 Å². The van der Waals surface area contributed by atoms with Gasteiger partial charge in [0.05, 0.1) is 15.7 Å². The van der Waals surface area contributed by atoms with E-state index < -0.39 is 5.40 Å². The van der Waals surface area contributed by atoms with Crippen LogP contribution in [0.15, 0.2) is 0 Å². The first kappa shape index (κ1) is 8.15. The molecule has 4 radical (unpaired) electrons. The lowest BCUT2D eigenvalue weighted by Gasteiger charge is -2.33. The van der Waals surface area contributed by atoms with Crippen LogP contribution in [0, 0.1) is 5.92 Å². The van der Waals surface area contributed by atoms with Gasteiger partial charge in [0, 0.05) is 13.2 Å². The van der Waals surface area contributed by atoms with Crippen LogP contribution in [0.25, 0.3) is 0 Å². The summed E-state index contributed by atoms with van der Waals surface area (Å²) in [5, 5.41) is 7.63. The zero-order valence-corrected chi connectivity index (χ0v) is 5.92. The minimum atomic E-state index is -1.51. The maximum absolute atomic E-state index is 9.14. The normalized spacial score (nSPS) is 22.9. The van der Waals surface area contributed by atoms with Gasteiger partial charge in [-0.1, -0.05) is 0 Å². The predicted molar refractivity (Wildman–Crippen MR) is 40.0 cm³/mol. The number of hydrogen-bond donors (Lipinski definition) is 1. The molecule has 0 aromatic heterocycles. The smallest absolute Gasteiger partial charge is 0.0993 e. The van der Waals surface area contributed by atoms with E-state index in [1.807, 2.05) is 0 Å². The topological polar surface area (TPSA) is 29.5 Å². The molecule has 1 saturated heterocycles. The molecule has 0 bridgehead atoms. The Morgan fingerprint density at radius 2 is 1.80 bits per heavy atom. The molecule has 0 saturated carbocycles. The fourth-order valence-corrected chi connectivity index (χ4v) is 1.16. The molecule has 52 valence electrons. The summed E-state index contributed by atoms with van der Waals surface area (Å²) in [5.41, 5.74) is 0. The SMILES string of the molecule is [B]C([B])(O)C1CCOCC1. The summed E-state index contributed by atoms with van der Waals surface area (Å²) in [6.45, 7) is 1.31. The molecule has 1 aliphatic heterocycles. The third kappa shape index (κ3) is 2.03. The van der Waals surface area contributed by atoms with Gasteiger partial charge in [-0.2, -0.15) is 0 Å². The Labute approximate surface area is 63.8 Å². The van der Waals surface area contributed by atoms with Gasteiger partial charge in [-0.15, -0.1) is 0 Å². The van der Waals surface area contributed by atoms with E-state index in [1.165, 1.54) is 0 Å². The van der Waals surface area contributed by atoms with Gasteiger partial charge >= 0.3 is 0 Å². The van der Waals surface area contributed by atoms with Crippen molar-refractivity contribution < 1.29 is 9.84 Å². The Balaban J connectivity index is 2.39. The van der Waals surface area contributed by atoms with E-state index in [1.54, 1.807) is 0 Å². The maximum Gasteiger partial charge on any atom is 0.0993 e. The zero-order valence-electron chi connectivity index (χ0n) is 5.92. The molecule has 0 unspecified atom stereocenters. The highest BCUT2D eigenvalue weighted by atomic mass is 16.5. The molecular weight excluding hydrogens is 126 g/mol. The van der Waals surface area contributed by atoms with Crippen molar-refractivity contribution in [3.63, 3.8) is 0 Å². The molecule has 0 aromatic rings.